The van der Waals surface area contributed by atoms with E-state index in [1.54, 1.807) is 19.1 Å². The molecule has 0 aliphatic heterocycles. The molecule has 21 heavy (non-hydrogen) atoms. The van der Waals surface area contributed by atoms with Crippen LogP contribution in [0.1, 0.15) is 27.5 Å². The highest BCUT2D eigenvalue weighted by atomic mass is 32.1. The maximum absolute atomic E-state index is 12.4. The van der Waals surface area contributed by atoms with Crippen LogP contribution < -0.4 is 11.1 Å². The van der Waals surface area contributed by atoms with Gasteiger partial charge in [0.15, 0.2) is 0 Å². The summed E-state index contributed by atoms with van der Waals surface area (Å²) in [6.07, 6.45) is 0. The van der Waals surface area contributed by atoms with Gasteiger partial charge in [-0.2, -0.15) is 0 Å². The number of aromatic hydroxyl groups is 1. The Morgan fingerprint density at radius 1 is 1.19 bits per heavy atom. The summed E-state index contributed by atoms with van der Waals surface area (Å²) in [6.45, 7) is 1.68. The Balaban J connectivity index is 2.28. The molecule has 2 rings (SSSR count). The van der Waals surface area contributed by atoms with Crippen molar-refractivity contribution in [3.8, 4) is 5.75 Å². The minimum absolute atomic E-state index is 0.0780. The number of benzene rings is 2. The summed E-state index contributed by atoms with van der Waals surface area (Å²) in [5.74, 6) is -0.251. The number of carbonyl (C=O) groups excluding carboxylic acids is 1. The third kappa shape index (κ3) is 3.38. The third-order valence-electron chi connectivity index (χ3n) is 3.24. The monoisotopic (exact) mass is 300 g/mol. The normalized spacial score (nSPS) is 11.7. The summed E-state index contributed by atoms with van der Waals surface area (Å²) in [5.41, 5.74) is 7.46. The van der Waals surface area contributed by atoms with Gasteiger partial charge in [-0.1, -0.05) is 48.6 Å². The van der Waals surface area contributed by atoms with Crippen molar-refractivity contribution in [3.05, 3.63) is 65.2 Å². The van der Waals surface area contributed by atoms with Crippen LogP contribution in [0.25, 0.3) is 0 Å². The number of hydrogen-bond acceptors (Lipinski definition) is 3. The zero-order chi connectivity index (χ0) is 15.4. The predicted molar refractivity (Wildman–Crippen MR) is 86.3 cm³/mol. The van der Waals surface area contributed by atoms with Crippen molar-refractivity contribution >= 4 is 23.1 Å². The molecule has 0 bridgehead atoms. The van der Waals surface area contributed by atoms with Gasteiger partial charge in [0.05, 0.1) is 0 Å². The predicted octanol–water partition coefficient (Wildman–Crippen LogP) is 2.46. The first kappa shape index (κ1) is 15.0. The number of phenolic OH excluding ortho intramolecular Hbond substituents is 1. The van der Waals surface area contributed by atoms with Gasteiger partial charge in [-0.3, -0.25) is 4.79 Å². The Morgan fingerprint density at radius 3 is 2.48 bits per heavy atom. The number of thiocarbonyl (C=S) groups is 1. The van der Waals surface area contributed by atoms with Crippen molar-refractivity contribution in [1.29, 1.82) is 0 Å². The smallest absolute Gasteiger partial charge is 0.252 e. The van der Waals surface area contributed by atoms with Crippen LogP contribution in [-0.4, -0.2) is 16.0 Å². The SMILES string of the molecule is Cc1c(O)cccc1C(=O)NC(C(N)=S)c1ccccc1. The van der Waals surface area contributed by atoms with Crippen LogP contribution in [0, 0.1) is 6.92 Å². The summed E-state index contributed by atoms with van der Waals surface area (Å²) in [7, 11) is 0. The first-order valence-electron chi connectivity index (χ1n) is 6.44. The first-order valence-corrected chi connectivity index (χ1v) is 6.85. The maximum Gasteiger partial charge on any atom is 0.252 e. The summed E-state index contributed by atoms with van der Waals surface area (Å²) >= 11 is 5.04. The van der Waals surface area contributed by atoms with Crippen LogP contribution >= 0.6 is 12.2 Å². The number of rotatable bonds is 4. The lowest BCUT2D eigenvalue weighted by atomic mass is 10.0. The molecule has 2 aromatic carbocycles. The molecule has 1 atom stereocenters. The second-order valence-corrected chi connectivity index (χ2v) is 5.14. The molecular formula is C16H16N2O2S. The van der Waals surface area contributed by atoms with E-state index in [-0.39, 0.29) is 16.6 Å². The molecule has 108 valence electrons. The van der Waals surface area contributed by atoms with Crippen molar-refractivity contribution in [2.24, 2.45) is 5.73 Å². The minimum atomic E-state index is -0.546. The van der Waals surface area contributed by atoms with E-state index in [1.807, 2.05) is 30.3 Å². The fraction of sp³-hybridized carbons (Fsp3) is 0.125. The average Bonchev–Trinajstić information content (AvgIpc) is 2.48. The van der Waals surface area contributed by atoms with Gasteiger partial charge in [-0.25, -0.2) is 0 Å². The molecule has 0 aliphatic rings. The molecular weight excluding hydrogens is 284 g/mol. The molecule has 0 radical (unpaired) electrons. The number of hydrogen-bond donors (Lipinski definition) is 3. The van der Waals surface area contributed by atoms with Gasteiger partial charge in [0.2, 0.25) is 0 Å². The Kier molecular flexibility index (Phi) is 4.55. The van der Waals surface area contributed by atoms with E-state index in [0.717, 1.165) is 5.56 Å². The second-order valence-electron chi connectivity index (χ2n) is 4.67. The van der Waals surface area contributed by atoms with Gasteiger partial charge in [0.1, 0.15) is 16.8 Å². The van der Waals surface area contributed by atoms with E-state index in [1.165, 1.54) is 6.07 Å². The molecule has 0 saturated carbocycles. The van der Waals surface area contributed by atoms with Crippen LogP contribution in [0.4, 0.5) is 0 Å². The molecule has 1 unspecified atom stereocenters. The highest BCUT2D eigenvalue weighted by Gasteiger charge is 2.19. The van der Waals surface area contributed by atoms with Crippen LogP contribution in [0.2, 0.25) is 0 Å². The molecule has 0 spiro atoms. The number of carbonyl (C=O) groups is 1. The maximum atomic E-state index is 12.4. The number of nitrogens with two attached hydrogens (primary N) is 1. The fourth-order valence-electron chi connectivity index (χ4n) is 2.04. The van der Waals surface area contributed by atoms with Crippen LogP contribution in [-0.2, 0) is 0 Å². The largest absolute Gasteiger partial charge is 0.508 e. The number of amides is 1. The van der Waals surface area contributed by atoms with E-state index in [4.69, 9.17) is 18.0 Å². The fourth-order valence-corrected chi connectivity index (χ4v) is 2.24. The molecule has 0 saturated heterocycles. The van der Waals surface area contributed by atoms with Crippen LogP contribution in [0.3, 0.4) is 0 Å². The van der Waals surface area contributed by atoms with Crippen molar-refractivity contribution in [2.75, 3.05) is 0 Å². The van der Waals surface area contributed by atoms with Crippen molar-refractivity contribution in [3.63, 3.8) is 0 Å². The lowest BCUT2D eigenvalue weighted by Crippen LogP contribution is -2.36. The molecule has 0 fully saturated rings. The van der Waals surface area contributed by atoms with E-state index in [9.17, 15) is 9.90 Å². The molecule has 4 N–H and O–H groups in total. The van der Waals surface area contributed by atoms with Gasteiger partial charge in [-0.15, -0.1) is 0 Å². The van der Waals surface area contributed by atoms with E-state index >= 15 is 0 Å². The summed E-state index contributed by atoms with van der Waals surface area (Å²) in [4.78, 5) is 12.6. The Hall–Kier alpha value is -2.40. The summed E-state index contributed by atoms with van der Waals surface area (Å²) < 4.78 is 0. The van der Waals surface area contributed by atoms with Crippen LogP contribution in [0.15, 0.2) is 48.5 Å². The van der Waals surface area contributed by atoms with E-state index < -0.39 is 6.04 Å². The molecule has 2 aromatic rings. The second kappa shape index (κ2) is 6.37. The van der Waals surface area contributed by atoms with Crippen molar-refractivity contribution in [1.82, 2.24) is 5.32 Å². The van der Waals surface area contributed by atoms with Gasteiger partial charge in [0, 0.05) is 11.1 Å². The van der Waals surface area contributed by atoms with E-state index in [0.29, 0.717) is 11.1 Å². The highest BCUT2D eigenvalue weighted by molar-refractivity contribution is 7.80. The topological polar surface area (TPSA) is 75.3 Å². The van der Waals surface area contributed by atoms with Gasteiger partial charge in [-0.05, 0) is 24.6 Å². The van der Waals surface area contributed by atoms with Crippen LogP contribution in [0.5, 0.6) is 5.75 Å². The molecule has 0 heterocycles. The van der Waals surface area contributed by atoms with Gasteiger partial charge in [0.25, 0.3) is 5.91 Å². The van der Waals surface area contributed by atoms with Gasteiger partial charge < -0.3 is 16.2 Å². The Labute approximate surface area is 128 Å². The first-order chi connectivity index (χ1) is 10.0. The molecule has 0 aliphatic carbocycles. The molecule has 0 aromatic heterocycles. The van der Waals surface area contributed by atoms with Crippen molar-refractivity contribution in [2.45, 2.75) is 13.0 Å². The average molecular weight is 300 g/mol. The zero-order valence-corrected chi connectivity index (χ0v) is 12.4. The minimum Gasteiger partial charge on any atom is -0.508 e. The van der Waals surface area contributed by atoms with Gasteiger partial charge >= 0.3 is 0 Å². The quantitative estimate of drug-likeness (QED) is 0.758. The lowest BCUT2D eigenvalue weighted by molar-refractivity contribution is 0.0946. The van der Waals surface area contributed by atoms with Crippen molar-refractivity contribution < 1.29 is 9.90 Å². The zero-order valence-electron chi connectivity index (χ0n) is 11.5. The number of phenols is 1. The third-order valence-corrected chi connectivity index (χ3v) is 3.48. The Morgan fingerprint density at radius 2 is 1.86 bits per heavy atom. The highest BCUT2D eigenvalue weighted by Crippen LogP contribution is 2.21. The number of nitrogens with one attached hydrogen (secondary N) is 1. The molecule has 1 amide bonds. The molecule has 4 nitrogen and oxygen atoms in total. The molecule has 5 heteroatoms. The summed E-state index contributed by atoms with van der Waals surface area (Å²) in [6, 6.07) is 13.5. The standard InChI is InChI=1S/C16H16N2O2S/c1-10-12(8-5-9-13(10)19)16(20)18-14(15(17)21)11-6-3-2-4-7-11/h2-9,14,19H,1H3,(H2,17,21)(H,18,20). The summed E-state index contributed by atoms with van der Waals surface area (Å²) in [5, 5.41) is 12.5. The Bertz CT molecular complexity index is 671. The lowest BCUT2D eigenvalue weighted by Gasteiger charge is -2.18. The van der Waals surface area contributed by atoms with E-state index in [2.05, 4.69) is 5.32 Å².